The number of halogens is 2. The number of rotatable bonds is 10. The first-order chi connectivity index (χ1) is 9.77. The lowest BCUT2D eigenvalue weighted by molar-refractivity contribution is 0.151. The summed E-state index contributed by atoms with van der Waals surface area (Å²) in [6.07, 6.45) is 4.10. The largest absolute Gasteiger partial charge is 0.394 e. The van der Waals surface area contributed by atoms with E-state index in [1.165, 1.54) is 0 Å². The molecule has 0 aliphatic heterocycles. The van der Waals surface area contributed by atoms with E-state index < -0.39 is 0 Å². The first-order valence-corrected chi connectivity index (χ1v) is 7.29. The summed E-state index contributed by atoms with van der Waals surface area (Å²) >= 11 is 5.90. The first kappa shape index (κ1) is 20.2. The monoisotopic (exact) mass is 334 g/mol. The topological polar surface area (TPSA) is 56.8 Å². The predicted octanol–water partition coefficient (Wildman–Crippen LogP) is 3.65. The van der Waals surface area contributed by atoms with Crippen molar-refractivity contribution in [3.8, 4) is 0 Å². The highest BCUT2D eigenvalue weighted by Gasteiger charge is 2.05. The number of methoxy groups -OCH3 is 1. The summed E-state index contributed by atoms with van der Waals surface area (Å²) < 4.78 is 5.04. The number of nitrogens with two attached hydrogens (primary N) is 1. The summed E-state index contributed by atoms with van der Waals surface area (Å²) in [5, 5.41) is 4.91. The van der Waals surface area contributed by atoms with E-state index in [0.717, 1.165) is 48.6 Å². The van der Waals surface area contributed by atoms with Gasteiger partial charge in [0.1, 0.15) is 6.61 Å². The molecule has 4 nitrogen and oxygen atoms in total. The lowest BCUT2D eigenvalue weighted by atomic mass is 10.0. The lowest BCUT2D eigenvalue weighted by Gasteiger charge is -2.07. The highest BCUT2D eigenvalue weighted by Crippen LogP contribution is 2.14. The van der Waals surface area contributed by atoms with Crippen molar-refractivity contribution in [2.75, 3.05) is 26.9 Å². The summed E-state index contributed by atoms with van der Waals surface area (Å²) in [4.78, 5) is 5.21. The van der Waals surface area contributed by atoms with Gasteiger partial charge in [-0.05, 0) is 37.0 Å². The highest BCUT2D eigenvalue weighted by molar-refractivity contribution is 6.30. The highest BCUT2D eigenvalue weighted by atomic mass is 35.5. The average molecular weight is 335 g/mol. The van der Waals surface area contributed by atoms with Gasteiger partial charge in [0, 0.05) is 25.3 Å². The third-order valence-electron chi connectivity index (χ3n) is 2.82. The molecule has 0 radical (unpaired) electrons. The van der Waals surface area contributed by atoms with Gasteiger partial charge in [0.2, 0.25) is 0 Å². The van der Waals surface area contributed by atoms with Crippen molar-refractivity contribution in [1.29, 1.82) is 0 Å². The van der Waals surface area contributed by atoms with E-state index in [1.54, 1.807) is 7.11 Å². The fourth-order valence-corrected chi connectivity index (χ4v) is 1.90. The van der Waals surface area contributed by atoms with Crippen LogP contribution in [0.3, 0.4) is 0 Å². The van der Waals surface area contributed by atoms with Gasteiger partial charge in [-0.2, -0.15) is 0 Å². The van der Waals surface area contributed by atoms with Crippen molar-refractivity contribution in [3.63, 3.8) is 0 Å². The second-order valence-electron chi connectivity index (χ2n) is 4.47. The number of hydrogen-bond donors (Lipinski definition) is 1. The molecule has 21 heavy (non-hydrogen) atoms. The molecule has 0 aromatic heterocycles. The van der Waals surface area contributed by atoms with Crippen LogP contribution in [0.25, 0.3) is 0 Å². The molecule has 6 heteroatoms. The van der Waals surface area contributed by atoms with Crippen LogP contribution in [-0.2, 0) is 9.57 Å². The molecule has 0 unspecified atom stereocenters. The molecule has 1 rings (SSSR count). The van der Waals surface area contributed by atoms with Crippen molar-refractivity contribution < 1.29 is 9.57 Å². The molecule has 0 saturated heterocycles. The SMILES string of the molecule is COCCCCCC(=NOCCN)c1ccc(Cl)cc1.Cl. The molecular formula is C15H24Cl2N2O2. The van der Waals surface area contributed by atoms with Crippen LogP contribution in [0.5, 0.6) is 0 Å². The standard InChI is InChI=1S/C15H23ClN2O2.ClH/c1-19-11-4-2-3-5-15(18-20-12-10-17)13-6-8-14(16)9-7-13;/h6-9H,2-5,10-12,17H2,1H3;1H. The molecule has 0 spiro atoms. The van der Waals surface area contributed by atoms with Crippen LogP contribution >= 0.6 is 24.0 Å². The molecule has 0 bridgehead atoms. The van der Waals surface area contributed by atoms with E-state index in [1.807, 2.05) is 24.3 Å². The Labute approximate surface area is 138 Å². The third-order valence-corrected chi connectivity index (χ3v) is 3.08. The molecule has 0 amide bonds. The summed E-state index contributed by atoms with van der Waals surface area (Å²) in [6.45, 7) is 1.70. The molecule has 0 atom stereocenters. The van der Waals surface area contributed by atoms with Crippen molar-refractivity contribution in [2.45, 2.75) is 25.7 Å². The zero-order chi connectivity index (χ0) is 14.6. The first-order valence-electron chi connectivity index (χ1n) is 6.91. The van der Waals surface area contributed by atoms with Crippen molar-refractivity contribution in [1.82, 2.24) is 0 Å². The molecule has 0 fully saturated rings. The Balaban J connectivity index is 0.00000400. The Bertz CT molecular complexity index is 397. The minimum Gasteiger partial charge on any atom is -0.394 e. The van der Waals surface area contributed by atoms with Crippen LogP contribution in [-0.4, -0.2) is 32.6 Å². The zero-order valence-corrected chi connectivity index (χ0v) is 14.0. The smallest absolute Gasteiger partial charge is 0.129 e. The van der Waals surface area contributed by atoms with E-state index >= 15 is 0 Å². The Kier molecular flexibility index (Phi) is 12.4. The zero-order valence-electron chi connectivity index (χ0n) is 12.4. The molecule has 0 heterocycles. The van der Waals surface area contributed by atoms with Crippen LogP contribution in [0.4, 0.5) is 0 Å². The molecule has 120 valence electrons. The minimum absolute atomic E-state index is 0. The van der Waals surface area contributed by atoms with Crippen LogP contribution in [0.15, 0.2) is 29.4 Å². The van der Waals surface area contributed by atoms with E-state index in [4.69, 9.17) is 26.9 Å². The molecular weight excluding hydrogens is 311 g/mol. The molecule has 0 aliphatic carbocycles. The number of oxime groups is 1. The summed E-state index contributed by atoms with van der Waals surface area (Å²) in [6, 6.07) is 7.64. The number of hydrogen-bond acceptors (Lipinski definition) is 4. The number of unbranched alkanes of at least 4 members (excludes halogenated alkanes) is 2. The van der Waals surface area contributed by atoms with Gasteiger partial charge >= 0.3 is 0 Å². The van der Waals surface area contributed by atoms with Crippen LogP contribution in [0, 0.1) is 0 Å². The van der Waals surface area contributed by atoms with E-state index in [9.17, 15) is 0 Å². The average Bonchev–Trinajstić information content (AvgIpc) is 2.46. The Morgan fingerprint density at radius 1 is 1.14 bits per heavy atom. The van der Waals surface area contributed by atoms with Gasteiger partial charge in [-0.15, -0.1) is 12.4 Å². The number of nitrogens with zero attached hydrogens (tertiary/aromatic N) is 1. The Morgan fingerprint density at radius 3 is 2.48 bits per heavy atom. The second kappa shape index (κ2) is 12.9. The van der Waals surface area contributed by atoms with Crippen molar-refractivity contribution in [3.05, 3.63) is 34.9 Å². The van der Waals surface area contributed by atoms with Gasteiger partial charge in [0.05, 0.1) is 5.71 Å². The fourth-order valence-electron chi connectivity index (χ4n) is 1.78. The fraction of sp³-hybridized carbons (Fsp3) is 0.533. The van der Waals surface area contributed by atoms with Crippen LogP contribution in [0.1, 0.15) is 31.2 Å². The Hall–Kier alpha value is -0.810. The van der Waals surface area contributed by atoms with Crippen LogP contribution in [0.2, 0.25) is 5.02 Å². The van der Waals surface area contributed by atoms with E-state index in [2.05, 4.69) is 5.16 Å². The Morgan fingerprint density at radius 2 is 1.86 bits per heavy atom. The normalized spacial score (nSPS) is 11.1. The minimum atomic E-state index is 0. The van der Waals surface area contributed by atoms with E-state index in [-0.39, 0.29) is 12.4 Å². The summed E-state index contributed by atoms with van der Waals surface area (Å²) in [5.41, 5.74) is 7.38. The van der Waals surface area contributed by atoms with E-state index in [0.29, 0.717) is 13.2 Å². The predicted molar refractivity (Wildman–Crippen MR) is 90.6 cm³/mol. The van der Waals surface area contributed by atoms with Gasteiger partial charge in [-0.25, -0.2) is 0 Å². The van der Waals surface area contributed by atoms with Gasteiger partial charge in [-0.1, -0.05) is 35.3 Å². The maximum Gasteiger partial charge on any atom is 0.129 e. The van der Waals surface area contributed by atoms with Crippen molar-refractivity contribution >= 4 is 29.7 Å². The second-order valence-corrected chi connectivity index (χ2v) is 4.91. The quantitative estimate of drug-likeness (QED) is 0.403. The van der Waals surface area contributed by atoms with Gasteiger partial charge in [0.25, 0.3) is 0 Å². The molecule has 0 aliphatic rings. The molecule has 2 N–H and O–H groups in total. The van der Waals surface area contributed by atoms with Gasteiger partial charge < -0.3 is 15.3 Å². The molecule has 0 saturated carbocycles. The number of benzene rings is 1. The maximum absolute atomic E-state index is 5.90. The lowest BCUT2D eigenvalue weighted by Crippen LogP contribution is -2.08. The van der Waals surface area contributed by atoms with Crippen LogP contribution < -0.4 is 5.73 Å². The summed E-state index contributed by atoms with van der Waals surface area (Å²) in [5.74, 6) is 0. The maximum atomic E-state index is 5.90. The molecule has 1 aromatic rings. The molecule has 1 aromatic carbocycles. The summed E-state index contributed by atoms with van der Waals surface area (Å²) in [7, 11) is 1.72. The number of ether oxygens (including phenoxy) is 1. The third kappa shape index (κ3) is 8.94. The van der Waals surface area contributed by atoms with Gasteiger partial charge in [-0.3, -0.25) is 0 Å². The van der Waals surface area contributed by atoms with Crippen molar-refractivity contribution in [2.24, 2.45) is 10.9 Å². The van der Waals surface area contributed by atoms with Gasteiger partial charge in [0.15, 0.2) is 0 Å².